The molecule has 3 N–H and O–H groups in total. The minimum atomic E-state index is -0.764. The second-order valence-electron chi connectivity index (χ2n) is 2.81. The molecule has 72 valence electrons. The lowest BCUT2D eigenvalue weighted by molar-refractivity contribution is -0.186. The third-order valence-corrected chi connectivity index (χ3v) is 1.74. The van der Waals surface area contributed by atoms with Gasteiger partial charge in [0.05, 0.1) is 13.2 Å². The van der Waals surface area contributed by atoms with E-state index in [4.69, 9.17) is 15.1 Å². The number of hydroxylamine groups is 2. The highest BCUT2D eigenvalue weighted by molar-refractivity contribution is 4.60. The Balaban J connectivity index is 2.05. The van der Waals surface area contributed by atoms with Gasteiger partial charge in [0, 0.05) is 26.2 Å². The van der Waals surface area contributed by atoms with E-state index >= 15 is 0 Å². The largest absolute Gasteiger partial charge is 0.394 e. The smallest absolute Gasteiger partial charge is 0.102 e. The second-order valence-corrected chi connectivity index (χ2v) is 2.81. The van der Waals surface area contributed by atoms with Gasteiger partial charge in [-0.05, 0) is 0 Å². The Bertz CT molecular complexity index is 117. The molecule has 1 rings (SSSR count). The van der Waals surface area contributed by atoms with Crippen LogP contribution in [0, 0.1) is 0 Å². The Morgan fingerprint density at radius 1 is 1.42 bits per heavy atom. The van der Waals surface area contributed by atoms with Crippen molar-refractivity contribution in [2.24, 2.45) is 0 Å². The number of piperazine rings is 1. The van der Waals surface area contributed by atoms with Gasteiger partial charge in [0.1, 0.15) is 6.10 Å². The summed E-state index contributed by atoms with van der Waals surface area (Å²) in [6.07, 6.45) is -0.764. The minimum absolute atomic E-state index is 0.177. The van der Waals surface area contributed by atoms with Crippen molar-refractivity contribution in [1.82, 2.24) is 10.4 Å². The first-order valence-electron chi connectivity index (χ1n) is 4.20. The number of nitrogens with zero attached hydrogens (tertiary/aromatic N) is 1. The maximum Gasteiger partial charge on any atom is 0.102 e. The molecular weight excluding hydrogens is 160 g/mol. The van der Waals surface area contributed by atoms with Crippen molar-refractivity contribution in [3.63, 3.8) is 0 Å². The lowest BCUT2D eigenvalue weighted by atomic mass is 10.4. The maximum atomic E-state index is 8.97. The van der Waals surface area contributed by atoms with Crippen LogP contribution >= 0.6 is 0 Å². The summed E-state index contributed by atoms with van der Waals surface area (Å²) < 4.78 is 0. The summed E-state index contributed by atoms with van der Waals surface area (Å²) in [5.41, 5.74) is 0. The summed E-state index contributed by atoms with van der Waals surface area (Å²) in [4.78, 5) is 5.22. The molecule has 1 fully saturated rings. The van der Waals surface area contributed by atoms with Crippen LogP contribution in [0.2, 0.25) is 0 Å². The molecule has 0 radical (unpaired) electrons. The van der Waals surface area contributed by atoms with Gasteiger partial charge in [-0.15, -0.1) is 0 Å². The molecule has 1 atom stereocenters. The van der Waals surface area contributed by atoms with Crippen LogP contribution < -0.4 is 5.32 Å². The predicted octanol–water partition coefficient (Wildman–Crippen LogP) is -1.82. The van der Waals surface area contributed by atoms with Gasteiger partial charge in [-0.25, -0.2) is 0 Å². The van der Waals surface area contributed by atoms with Gasteiger partial charge in [-0.2, -0.15) is 5.06 Å². The molecule has 1 aliphatic rings. The van der Waals surface area contributed by atoms with Gasteiger partial charge >= 0.3 is 0 Å². The number of aliphatic hydroxyl groups is 2. The number of nitrogens with one attached hydrogen (secondary N) is 1. The van der Waals surface area contributed by atoms with Gasteiger partial charge < -0.3 is 15.5 Å². The fourth-order valence-corrected chi connectivity index (χ4v) is 1.02. The molecule has 0 spiro atoms. The Morgan fingerprint density at radius 2 is 2.08 bits per heavy atom. The highest BCUT2D eigenvalue weighted by atomic mass is 16.7. The van der Waals surface area contributed by atoms with E-state index in [-0.39, 0.29) is 13.2 Å². The number of aliphatic hydroxyl groups excluding tert-OH is 2. The highest BCUT2D eigenvalue weighted by Gasteiger charge is 2.11. The van der Waals surface area contributed by atoms with E-state index in [1.54, 1.807) is 5.06 Å². The molecule has 1 unspecified atom stereocenters. The molecule has 0 aromatic heterocycles. The lowest BCUT2D eigenvalue weighted by Crippen LogP contribution is -2.44. The van der Waals surface area contributed by atoms with Crippen molar-refractivity contribution in [3.05, 3.63) is 0 Å². The normalized spacial score (nSPS) is 22.5. The van der Waals surface area contributed by atoms with Gasteiger partial charge in [0.15, 0.2) is 0 Å². The molecule has 5 heteroatoms. The van der Waals surface area contributed by atoms with Crippen LogP contribution in [0.5, 0.6) is 0 Å². The van der Waals surface area contributed by atoms with Crippen LogP contribution in [-0.4, -0.2) is 60.8 Å². The quantitative estimate of drug-likeness (QED) is 0.470. The topological polar surface area (TPSA) is 65.0 Å². The van der Waals surface area contributed by atoms with Gasteiger partial charge in [0.25, 0.3) is 0 Å². The van der Waals surface area contributed by atoms with Crippen molar-refractivity contribution in [1.29, 1.82) is 0 Å². The summed E-state index contributed by atoms with van der Waals surface area (Å²) in [5.74, 6) is 0. The molecule has 0 aromatic rings. The summed E-state index contributed by atoms with van der Waals surface area (Å²) in [7, 11) is 0. The van der Waals surface area contributed by atoms with Gasteiger partial charge in [-0.1, -0.05) is 0 Å². The summed E-state index contributed by atoms with van der Waals surface area (Å²) >= 11 is 0. The molecule has 0 bridgehead atoms. The molecule has 5 nitrogen and oxygen atoms in total. The molecule has 12 heavy (non-hydrogen) atoms. The number of hydrogen-bond donors (Lipinski definition) is 3. The summed E-state index contributed by atoms with van der Waals surface area (Å²) in [6, 6.07) is 0. The lowest BCUT2D eigenvalue weighted by Gasteiger charge is -2.26. The van der Waals surface area contributed by atoms with E-state index < -0.39 is 6.10 Å². The first-order valence-corrected chi connectivity index (χ1v) is 4.20. The monoisotopic (exact) mass is 176 g/mol. The Kier molecular flexibility index (Phi) is 4.49. The first kappa shape index (κ1) is 9.88. The highest BCUT2D eigenvalue weighted by Crippen LogP contribution is 1.94. The predicted molar refractivity (Wildman–Crippen MR) is 43.5 cm³/mol. The summed E-state index contributed by atoms with van der Waals surface area (Å²) in [6.45, 7) is 3.42. The molecule has 1 saturated heterocycles. The third-order valence-electron chi connectivity index (χ3n) is 1.74. The van der Waals surface area contributed by atoms with Crippen molar-refractivity contribution >= 4 is 0 Å². The fraction of sp³-hybridized carbons (Fsp3) is 1.00. The molecule has 0 aliphatic carbocycles. The molecule has 1 aliphatic heterocycles. The second kappa shape index (κ2) is 5.45. The van der Waals surface area contributed by atoms with Crippen molar-refractivity contribution < 1.29 is 15.1 Å². The molecule has 1 heterocycles. The van der Waals surface area contributed by atoms with Crippen LogP contribution in [0.3, 0.4) is 0 Å². The van der Waals surface area contributed by atoms with E-state index in [1.807, 2.05) is 0 Å². The van der Waals surface area contributed by atoms with Gasteiger partial charge in [0.2, 0.25) is 0 Å². The fourth-order valence-electron chi connectivity index (χ4n) is 1.02. The average Bonchev–Trinajstić information content (AvgIpc) is 2.16. The van der Waals surface area contributed by atoms with Crippen LogP contribution in [0.4, 0.5) is 0 Å². The third kappa shape index (κ3) is 3.46. The first-order chi connectivity index (χ1) is 5.83. The van der Waals surface area contributed by atoms with Crippen LogP contribution in [0.1, 0.15) is 0 Å². The standard InChI is InChI=1S/C7H16N2O3/c10-5-7(11)6-12-9-3-1-8-2-4-9/h7-8,10-11H,1-6H2. The Labute approximate surface area is 71.9 Å². The van der Waals surface area contributed by atoms with Crippen molar-refractivity contribution in [2.75, 3.05) is 39.4 Å². The Hall–Kier alpha value is -0.200. The zero-order chi connectivity index (χ0) is 8.81. The molecule has 0 saturated carbocycles. The minimum Gasteiger partial charge on any atom is -0.394 e. The van der Waals surface area contributed by atoms with E-state index in [9.17, 15) is 0 Å². The van der Waals surface area contributed by atoms with Crippen LogP contribution in [-0.2, 0) is 4.84 Å². The van der Waals surface area contributed by atoms with Crippen LogP contribution in [0.25, 0.3) is 0 Å². The van der Waals surface area contributed by atoms with Crippen molar-refractivity contribution in [3.8, 4) is 0 Å². The van der Waals surface area contributed by atoms with E-state index in [2.05, 4.69) is 5.32 Å². The maximum absolute atomic E-state index is 8.97. The number of rotatable bonds is 4. The zero-order valence-electron chi connectivity index (χ0n) is 7.07. The van der Waals surface area contributed by atoms with E-state index in [0.717, 1.165) is 26.2 Å². The molecule has 0 aromatic carbocycles. The SMILES string of the molecule is OCC(O)CON1CCNCC1. The summed E-state index contributed by atoms with van der Waals surface area (Å²) in [5, 5.41) is 22.5. The zero-order valence-corrected chi connectivity index (χ0v) is 7.07. The molecular formula is C7H16N2O3. The van der Waals surface area contributed by atoms with E-state index in [0.29, 0.717) is 0 Å². The Morgan fingerprint density at radius 3 is 2.67 bits per heavy atom. The van der Waals surface area contributed by atoms with Crippen molar-refractivity contribution in [2.45, 2.75) is 6.10 Å². The van der Waals surface area contributed by atoms with Crippen LogP contribution in [0.15, 0.2) is 0 Å². The average molecular weight is 176 g/mol. The van der Waals surface area contributed by atoms with E-state index in [1.165, 1.54) is 0 Å². The molecule has 0 amide bonds. The van der Waals surface area contributed by atoms with Gasteiger partial charge in [-0.3, -0.25) is 4.84 Å². The number of hydrogen-bond acceptors (Lipinski definition) is 5.